The van der Waals surface area contributed by atoms with Crippen LogP contribution < -0.4 is 5.73 Å². The maximum Gasteiger partial charge on any atom is 0.231 e. The molecule has 0 aliphatic carbocycles. The SMILES string of the molecule is CS(=O)(=O)Cc1nnc(CCCN)o1. The van der Waals surface area contributed by atoms with E-state index in [4.69, 9.17) is 10.2 Å². The summed E-state index contributed by atoms with van der Waals surface area (Å²) >= 11 is 0. The standard InChI is InChI=1S/C7H13N3O3S/c1-14(11,12)5-7-10-9-6(13-7)3-2-4-8/h2-5,8H2,1H3. The van der Waals surface area contributed by atoms with Gasteiger partial charge in [-0.1, -0.05) is 0 Å². The highest BCUT2D eigenvalue weighted by Crippen LogP contribution is 2.05. The predicted octanol–water partition coefficient (Wildman–Crippen LogP) is -0.494. The normalized spacial score (nSPS) is 11.9. The van der Waals surface area contributed by atoms with Gasteiger partial charge >= 0.3 is 0 Å². The van der Waals surface area contributed by atoms with Gasteiger partial charge in [0.05, 0.1) is 0 Å². The van der Waals surface area contributed by atoms with Crippen molar-refractivity contribution in [1.82, 2.24) is 10.2 Å². The van der Waals surface area contributed by atoms with Gasteiger partial charge in [-0.05, 0) is 13.0 Å². The van der Waals surface area contributed by atoms with E-state index in [1.165, 1.54) is 0 Å². The lowest BCUT2D eigenvalue weighted by molar-refractivity contribution is 0.456. The van der Waals surface area contributed by atoms with Gasteiger partial charge < -0.3 is 10.2 Å². The van der Waals surface area contributed by atoms with Crippen LogP contribution in [0.1, 0.15) is 18.2 Å². The molecule has 14 heavy (non-hydrogen) atoms. The molecule has 1 heterocycles. The Bertz CT molecular complexity index is 385. The predicted molar refractivity (Wildman–Crippen MR) is 50.2 cm³/mol. The van der Waals surface area contributed by atoms with Crippen molar-refractivity contribution in [2.45, 2.75) is 18.6 Å². The van der Waals surface area contributed by atoms with Crippen LogP contribution >= 0.6 is 0 Å². The first-order chi connectivity index (χ1) is 6.51. The zero-order valence-electron chi connectivity index (χ0n) is 7.93. The Labute approximate surface area is 82.4 Å². The Morgan fingerprint density at radius 1 is 1.36 bits per heavy atom. The van der Waals surface area contributed by atoms with Crippen LogP contribution in [0.3, 0.4) is 0 Å². The van der Waals surface area contributed by atoms with E-state index in [-0.39, 0.29) is 11.6 Å². The molecule has 0 amide bonds. The lowest BCUT2D eigenvalue weighted by Crippen LogP contribution is -2.00. The molecule has 0 aromatic carbocycles. The molecule has 0 aliphatic heterocycles. The van der Waals surface area contributed by atoms with Crippen LogP contribution in [0, 0.1) is 0 Å². The minimum Gasteiger partial charge on any atom is -0.424 e. The van der Waals surface area contributed by atoms with Crippen molar-refractivity contribution in [3.8, 4) is 0 Å². The van der Waals surface area contributed by atoms with Gasteiger partial charge in [0.2, 0.25) is 11.8 Å². The molecule has 2 N–H and O–H groups in total. The van der Waals surface area contributed by atoms with Crippen LogP contribution in [-0.2, 0) is 22.0 Å². The topological polar surface area (TPSA) is 99.1 Å². The zero-order valence-corrected chi connectivity index (χ0v) is 8.75. The molecule has 0 unspecified atom stereocenters. The Balaban J connectivity index is 2.59. The second-order valence-corrected chi connectivity index (χ2v) is 5.19. The van der Waals surface area contributed by atoms with Crippen molar-refractivity contribution in [2.24, 2.45) is 5.73 Å². The van der Waals surface area contributed by atoms with Crippen LogP contribution in [0.5, 0.6) is 0 Å². The minimum absolute atomic E-state index is 0.138. The highest BCUT2D eigenvalue weighted by Gasteiger charge is 2.11. The van der Waals surface area contributed by atoms with Gasteiger partial charge in [0.1, 0.15) is 5.75 Å². The van der Waals surface area contributed by atoms with Gasteiger partial charge in [-0.15, -0.1) is 10.2 Å². The fourth-order valence-electron chi connectivity index (χ4n) is 0.925. The van der Waals surface area contributed by atoms with Gasteiger partial charge in [-0.3, -0.25) is 0 Å². The smallest absolute Gasteiger partial charge is 0.231 e. The van der Waals surface area contributed by atoms with Gasteiger partial charge in [0.25, 0.3) is 0 Å². The largest absolute Gasteiger partial charge is 0.424 e. The van der Waals surface area contributed by atoms with Gasteiger partial charge in [0.15, 0.2) is 9.84 Å². The quantitative estimate of drug-likeness (QED) is 0.717. The van der Waals surface area contributed by atoms with Crippen LogP contribution in [0.15, 0.2) is 4.42 Å². The van der Waals surface area contributed by atoms with E-state index in [0.717, 1.165) is 12.7 Å². The van der Waals surface area contributed by atoms with Crippen LogP contribution in [0.25, 0.3) is 0 Å². The number of sulfone groups is 1. The molecule has 1 rings (SSSR count). The third kappa shape index (κ3) is 3.84. The second-order valence-electron chi connectivity index (χ2n) is 3.05. The minimum atomic E-state index is -3.11. The maximum atomic E-state index is 10.9. The summed E-state index contributed by atoms with van der Waals surface area (Å²) in [4.78, 5) is 0. The first-order valence-corrected chi connectivity index (χ1v) is 6.26. The fourth-order valence-corrected chi connectivity index (χ4v) is 1.49. The number of nitrogens with zero attached hydrogens (tertiary/aromatic N) is 2. The molecule has 0 saturated heterocycles. The second kappa shape index (κ2) is 4.52. The average Bonchev–Trinajstić information content (AvgIpc) is 2.46. The van der Waals surface area contributed by atoms with Crippen LogP contribution in [0.2, 0.25) is 0 Å². The Morgan fingerprint density at radius 3 is 2.57 bits per heavy atom. The summed E-state index contributed by atoms with van der Waals surface area (Å²) in [5.74, 6) is 0.372. The molecule has 0 saturated carbocycles. The number of hydrogen-bond acceptors (Lipinski definition) is 6. The summed E-state index contributed by atoms with van der Waals surface area (Å²) in [5.41, 5.74) is 5.30. The Kier molecular flexibility index (Phi) is 3.59. The van der Waals surface area contributed by atoms with E-state index in [1.54, 1.807) is 0 Å². The van der Waals surface area contributed by atoms with Crippen LogP contribution in [-0.4, -0.2) is 31.4 Å². The third-order valence-corrected chi connectivity index (χ3v) is 2.26. The summed E-state index contributed by atoms with van der Waals surface area (Å²) in [6, 6.07) is 0. The molecule has 0 bridgehead atoms. The summed E-state index contributed by atoms with van der Waals surface area (Å²) in [7, 11) is -3.11. The van der Waals surface area contributed by atoms with E-state index in [0.29, 0.717) is 18.9 Å². The molecule has 0 aliphatic rings. The first kappa shape index (κ1) is 11.1. The maximum absolute atomic E-state index is 10.9. The number of aryl methyl sites for hydroxylation is 1. The van der Waals surface area contributed by atoms with Crippen molar-refractivity contribution in [2.75, 3.05) is 12.8 Å². The number of rotatable bonds is 5. The number of aromatic nitrogens is 2. The molecule has 80 valence electrons. The Morgan fingerprint density at radius 2 is 2.00 bits per heavy atom. The lowest BCUT2D eigenvalue weighted by atomic mass is 10.3. The van der Waals surface area contributed by atoms with Crippen molar-refractivity contribution in [3.63, 3.8) is 0 Å². The molecule has 0 atom stereocenters. The summed E-state index contributed by atoms with van der Waals surface area (Å²) in [6.45, 7) is 0.545. The third-order valence-electron chi connectivity index (χ3n) is 1.49. The fraction of sp³-hybridized carbons (Fsp3) is 0.714. The molecule has 1 aromatic rings. The number of hydrogen-bond donors (Lipinski definition) is 1. The molecule has 6 nitrogen and oxygen atoms in total. The highest BCUT2D eigenvalue weighted by molar-refractivity contribution is 7.89. The molecule has 1 aromatic heterocycles. The van der Waals surface area contributed by atoms with E-state index >= 15 is 0 Å². The van der Waals surface area contributed by atoms with Crippen molar-refractivity contribution >= 4 is 9.84 Å². The molecular weight excluding hydrogens is 206 g/mol. The van der Waals surface area contributed by atoms with E-state index in [9.17, 15) is 8.42 Å². The monoisotopic (exact) mass is 219 g/mol. The van der Waals surface area contributed by atoms with Crippen LogP contribution in [0.4, 0.5) is 0 Å². The molecule has 0 radical (unpaired) electrons. The van der Waals surface area contributed by atoms with Crippen molar-refractivity contribution in [3.05, 3.63) is 11.8 Å². The summed E-state index contributed by atoms with van der Waals surface area (Å²) in [5, 5.41) is 7.32. The number of nitrogens with two attached hydrogens (primary N) is 1. The van der Waals surface area contributed by atoms with Gasteiger partial charge in [-0.2, -0.15) is 0 Å². The summed E-state index contributed by atoms with van der Waals surface area (Å²) in [6.07, 6.45) is 2.46. The zero-order chi connectivity index (χ0) is 10.6. The molecule has 0 spiro atoms. The highest BCUT2D eigenvalue weighted by atomic mass is 32.2. The Hall–Kier alpha value is -0.950. The van der Waals surface area contributed by atoms with E-state index < -0.39 is 9.84 Å². The molecule has 7 heteroatoms. The summed E-state index contributed by atoms with van der Waals surface area (Å²) < 4.78 is 26.9. The van der Waals surface area contributed by atoms with Crippen molar-refractivity contribution < 1.29 is 12.8 Å². The van der Waals surface area contributed by atoms with Crippen molar-refractivity contribution in [1.29, 1.82) is 0 Å². The first-order valence-electron chi connectivity index (χ1n) is 4.20. The van der Waals surface area contributed by atoms with E-state index in [1.807, 2.05) is 0 Å². The lowest BCUT2D eigenvalue weighted by Gasteiger charge is -1.91. The molecular formula is C7H13N3O3S. The van der Waals surface area contributed by atoms with Gasteiger partial charge in [0, 0.05) is 12.7 Å². The molecule has 0 fully saturated rings. The van der Waals surface area contributed by atoms with E-state index in [2.05, 4.69) is 10.2 Å². The van der Waals surface area contributed by atoms with Gasteiger partial charge in [-0.25, -0.2) is 8.42 Å². The average molecular weight is 219 g/mol.